The Morgan fingerprint density at radius 2 is 1.85 bits per heavy atom. The number of guanidine groups is 1. The Morgan fingerprint density at radius 3 is 2.50 bits per heavy atom. The first-order chi connectivity index (χ1) is 12.4. The molecule has 0 amide bonds. The molecule has 0 unspecified atom stereocenters. The maximum Gasteiger partial charge on any atom is 0.243 e. The van der Waals surface area contributed by atoms with Crippen LogP contribution in [0.2, 0.25) is 0 Å². The second-order valence-corrected chi connectivity index (χ2v) is 8.95. The van der Waals surface area contributed by atoms with Gasteiger partial charge in [0.05, 0.1) is 11.4 Å². The van der Waals surface area contributed by atoms with Crippen LogP contribution in [-0.2, 0) is 16.6 Å². The predicted octanol–water partition coefficient (Wildman–Crippen LogP) is 2.57. The van der Waals surface area contributed by atoms with Crippen LogP contribution >= 0.6 is 0 Å². The topological polar surface area (TPSA) is 73.8 Å². The Balaban J connectivity index is 2.20. The van der Waals surface area contributed by atoms with Crippen molar-refractivity contribution in [2.24, 2.45) is 10.9 Å². The number of benzene rings is 1. The molecular weight excluding hydrogens is 348 g/mol. The van der Waals surface area contributed by atoms with Gasteiger partial charge in [0.2, 0.25) is 10.0 Å². The first kappa shape index (κ1) is 20.7. The molecule has 1 fully saturated rings. The molecule has 2 rings (SSSR count). The fourth-order valence-corrected chi connectivity index (χ4v) is 4.67. The van der Waals surface area contributed by atoms with E-state index in [0.717, 1.165) is 37.9 Å². The lowest BCUT2D eigenvalue weighted by molar-refractivity contribution is 0.346. The number of nitrogens with zero attached hydrogens (tertiary/aromatic N) is 2. The summed E-state index contributed by atoms with van der Waals surface area (Å²) in [7, 11) is -3.46. The highest BCUT2D eigenvalue weighted by atomic mass is 32.2. The van der Waals surface area contributed by atoms with Crippen LogP contribution in [0.5, 0.6) is 0 Å². The van der Waals surface area contributed by atoms with Crippen LogP contribution in [0.3, 0.4) is 0 Å². The zero-order valence-electron chi connectivity index (χ0n) is 16.2. The van der Waals surface area contributed by atoms with Crippen LogP contribution in [0.1, 0.15) is 45.6 Å². The van der Waals surface area contributed by atoms with E-state index in [9.17, 15) is 8.42 Å². The number of rotatable bonds is 7. The molecule has 0 atom stereocenters. The molecule has 1 saturated heterocycles. The van der Waals surface area contributed by atoms with E-state index in [-0.39, 0.29) is 0 Å². The van der Waals surface area contributed by atoms with Crippen LogP contribution < -0.4 is 10.6 Å². The normalized spacial score (nSPS) is 16.7. The van der Waals surface area contributed by atoms with E-state index in [1.54, 1.807) is 16.4 Å². The molecule has 26 heavy (non-hydrogen) atoms. The van der Waals surface area contributed by atoms with E-state index >= 15 is 0 Å². The summed E-state index contributed by atoms with van der Waals surface area (Å²) < 4.78 is 27.7. The quantitative estimate of drug-likeness (QED) is 0.563. The van der Waals surface area contributed by atoms with Crippen molar-refractivity contribution in [1.82, 2.24) is 14.9 Å². The molecule has 146 valence electrons. The maximum atomic E-state index is 13.0. The monoisotopic (exact) mass is 380 g/mol. The summed E-state index contributed by atoms with van der Waals surface area (Å²) in [4.78, 5) is 4.97. The Labute approximate surface area is 158 Å². The number of piperidine rings is 1. The predicted molar refractivity (Wildman–Crippen MR) is 107 cm³/mol. The van der Waals surface area contributed by atoms with Crippen LogP contribution in [0, 0.1) is 5.92 Å². The second kappa shape index (κ2) is 9.92. The van der Waals surface area contributed by atoms with Gasteiger partial charge in [0, 0.05) is 26.2 Å². The lowest BCUT2D eigenvalue weighted by Crippen LogP contribution is -2.39. The van der Waals surface area contributed by atoms with Gasteiger partial charge in [-0.2, -0.15) is 4.31 Å². The summed E-state index contributed by atoms with van der Waals surface area (Å²) in [5.74, 6) is 1.22. The van der Waals surface area contributed by atoms with E-state index in [1.165, 1.54) is 0 Å². The molecule has 0 bridgehead atoms. The number of nitrogens with one attached hydrogen (secondary N) is 2. The Kier molecular flexibility index (Phi) is 7.90. The average molecular weight is 381 g/mol. The molecule has 7 heteroatoms. The van der Waals surface area contributed by atoms with Crippen LogP contribution in [0.4, 0.5) is 0 Å². The van der Waals surface area contributed by atoms with Crippen molar-refractivity contribution in [3.05, 3.63) is 29.8 Å². The maximum absolute atomic E-state index is 13.0. The first-order valence-electron chi connectivity index (χ1n) is 9.55. The van der Waals surface area contributed by atoms with Crippen LogP contribution in [0.25, 0.3) is 0 Å². The van der Waals surface area contributed by atoms with Gasteiger partial charge >= 0.3 is 0 Å². The summed E-state index contributed by atoms with van der Waals surface area (Å²) in [5, 5.41) is 6.50. The fourth-order valence-electron chi connectivity index (χ4n) is 2.94. The molecule has 1 aromatic rings. The van der Waals surface area contributed by atoms with E-state index in [0.29, 0.717) is 36.4 Å². The third kappa shape index (κ3) is 5.71. The molecule has 0 radical (unpaired) electrons. The molecule has 0 spiro atoms. The minimum Gasteiger partial charge on any atom is -0.357 e. The van der Waals surface area contributed by atoms with E-state index in [4.69, 9.17) is 0 Å². The van der Waals surface area contributed by atoms with Gasteiger partial charge in [-0.25, -0.2) is 13.4 Å². The fraction of sp³-hybridized carbons (Fsp3) is 0.632. The van der Waals surface area contributed by atoms with Gasteiger partial charge in [-0.1, -0.05) is 38.5 Å². The van der Waals surface area contributed by atoms with Crippen molar-refractivity contribution in [2.75, 3.05) is 26.2 Å². The minimum atomic E-state index is -3.46. The molecular formula is C19H32N4O2S. The zero-order valence-corrected chi connectivity index (χ0v) is 17.0. The third-order valence-electron chi connectivity index (χ3n) is 4.33. The number of hydrogen-bond donors (Lipinski definition) is 2. The Morgan fingerprint density at radius 1 is 1.15 bits per heavy atom. The minimum absolute atomic E-state index is 0.330. The van der Waals surface area contributed by atoms with Crippen LogP contribution in [-0.4, -0.2) is 44.9 Å². The number of aliphatic imine (C=N–C) groups is 1. The number of sulfonamides is 1. The van der Waals surface area contributed by atoms with Crippen molar-refractivity contribution in [3.63, 3.8) is 0 Å². The zero-order chi connectivity index (χ0) is 19.0. The average Bonchev–Trinajstić information content (AvgIpc) is 2.65. The smallest absolute Gasteiger partial charge is 0.243 e. The molecule has 1 aromatic carbocycles. The SMILES string of the molecule is CCNC(=NCc1ccccc1S(=O)(=O)N1CCCCC1)NCC(C)C. The summed E-state index contributed by atoms with van der Waals surface area (Å²) in [6, 6.07) is 7.20. The lowest BCUT2D eigenvalue weighted by atomic mass is 10.2. The van der Waals surface area contributed by atoms with Crippen molar-refractivity contribution in [3.8, 4) is 0 Å². The number of hydrogen-bond acceptors (Lipinski definition) is 3. The summed E-state index contributed by atoms with van der Waals surface area (Å²) in [6.07, 6.45) is 2.97. The largest absolute Gasteiger partial charge is 0.357 e. The molecule has 1 heterocycles. The van der Waals surface area contributed by atoms with Gasteiger partial charge in [-0.3, -0.25) is 0 Å². The summed E-state index contributed by atoms with van der Waals surface area (Å²) >= 11 is 0. The highest BCUT2D eigenvalue weighted by molar-refractivity contribution is 7.89. The van der Waals surface area contributed by atoms with Gasteiger partial charge in [0.25, 0.3) is 0 Å². The summed E-state index contributed by atoms with van der Waals surface area (Å²) in [6.45, 7) is 9.42. The molecule has 6 nitrogen and oxygen atoms in total. The van der Waals surface area contributed by atoms with Crippen LogP contribution in [0.15, 0.2) is 34.2 Å². The lowest BCUT2D eigenvalue weighted by Gasteiger charge is -2.26. The van der Waals surface area contributed by atoms with Crippen molar-refractivity contribution in [1.29, 1.82) is 0 Å². The van der Waals surface area contributed by atoms with Crippen molar-refractivity contribution < 1.29 is 8.42 Å². The van der Waals surface area contributed by atoms with E-state index in [1.807, 2.05) is 19.1 Å². The third-order valence-corrected chi connectivity index (χ3v) is 6.33. The molecule has 0 saturated carbocycles. The Hall–Kier alpha value is -1.60. The van der Waals surface area contributed by atoms with Crippen molar-refractivity contribution in [2.45, 2.75) is 51.5 Å². The molecule has 1 aliphatic rings. The summed E-state index contributed by atoms with van der Waals surface area (Å²) in [5.41, 5.74) is 0.736. The molecule has 2 N–H and O–H groups in total. The van der Waals surface area contributed by atoms with E-state index < -0.39 is 10.0 Å². The molecule has 0 aromatic heterocycles. The van der Waals surface area contributed by atoms with Gasteiger partial charge in [-0.15, -0.1) is 0 Å². The van der Waals surface area contributed by atoms with Gasteiger partial charge in [-0.05, 0) is 37.3 Å². The van der Waals surface area contributed by atoms with Gasteiger partial charge in [0.15, 0.2) is 5.96 Å². The van der Waals surface area contributed by atoms with Gasteiger partial charge < -0.3 is 10.6 Å². The highest BCUT2D eigenvalue weighted by Crippen LogP contribution is 2.24. The second-order valence-electron chi connectivity index (χ2n) is 7.04. The van der Waals surface area contributed by atoms with Crippen molar-refractivity contribution >= 4 is 16.0 Å². The highest BCUT2D eigenvalue weighted by Gasteiger charge is 2.27. The Bertz CT molecular complexity index is 695. The molecule has 0 aliphatic carbocycles. The molecule has 1 aliphatic heterocycles. The van der Waals surface area contributed by atoms with E-state index in [2.05, 4.69) is 29.5 Å². The van der Waals surface area contributed by atoms with Gasteiger partial charge in [0.1, 0.15) is 0 Å². The first-order valence-corrected chi connectivity index (χ1v) is 11.0. The standard InChI is InChI=1S/C19H32N4O2S/c1-4-20-19(21-14-16(2)3)22-15-17-10-6-7-11-18(17)26(24,25)23-12-8-5-9-13-23/h6-7,10-11,16H,4-5,8-9,12-15H2,1-3H3,(H2,20,21,22).